The highest BCUT2D eigenvalue weighted by Gasteiger charge is 2.40. The molecule has 3 heterocycles. The third kappa shape index (κ3) is 7.37. The van der Waals surface area contributed by atoms with Crippen LogP contribution in [0.25, 0.3) is 11.2 Å². The molecule has 1 aromatic carbocycles. The third-order valence-electron chi connectivity index (χ3n) is 7.68. The number of ketones is 2. The topological polar surface area (TPSA) is 76.7 Å². The number of nitrogens with zero attached hydrogens (tertiary/aromatic N) is 4. The van der Waals surface area contributed by atoms with Crippen molar-refractivity contribution >= 4 is 28.5 Å². The number of aryl methyl sites for hydroxylation is 1. The minimum Gasteiger partial charge on any atom is -0.299 e. The minimum atomic E-state index is -4.54. The molecule has 0 saturated carbocycles. The van der Waals surface area contributed by atoms with Crippen molar-refractivity contribution in [3.05, 3.63) is 70.9 Å². The number of carbonyl (C=O) groups is 2. The second-order valence-corrected chi connectivity index (χ2v) is 10.8. The van der Waals surface area contributed by atoms with E-state index in [1.807, 2.05) is 32.0 Å². The zero-order chi connectivity index (χ0) is 29.6. The normalized spacial score (nSPS) is 14.3. The lowest BCUT2D eigenvalue weighted by Crippen LogP contribution is -2.23. The molecule has 0 aliphatic carbocycles. The van der Waals surface area contributed by atoms with E-state index >= 15 is 0 Å². The Hall–Kier alpha value is -3.62. The van der Waals surface area contributed by atoms with Crippen molar-refractivity contribution in [1.82, 2.24) is 14.4 Å². The Morgan fingerprint density at radius 1 is 1.07 bits per heavy atom. The fourth-order valence-corrected chi connectivity index (χ4v) is 5.34. The molecule has 41 heavy (non-hydrogen) atoms. The van der Waals surface area contributed by atoms with Gasteiger partial charge in [-0.1, -0.05) is 57.4 Å². The van der Waals surface area contributed by atoms with Crippen LogP contribution < -0.4 is 0 Å². The van der Waals surface area contributed by atoms with Gasteiger partial charge in [0.1, 0.15) is 11.5 Å². The number of imidazole rings is 1. The molecule has 3 aromatic rings. The van der Waals surface area contributed by atoms with Crippen molar-refractivity contribution in [2.45, 2.75) is 84.7 Å². The SMILES string of the molecule is CCCCC[C@H](C)C(=O)CCCCC(=O)c1ccc(Cc2nccn3c(C4=CCN=C4C(F)(F)F)cnc23)cc1C. The van der Waals surface area contributed by atoms with Gasteiger partial charge < -0.3 is 0 Å². The number of hydrogen-bond acceptors (Lipinski definition) is 5. The van der Waals surface area contributed by atoms with Gasteiger partial charge >= 0.3 is 6.18 Å². The van der Waals surface area contributed by atoms with Crippen molar-refractivity contribution in [3.8, 4) is 0 Å². The number of Topliss-reactive ketones (excluding diaryl/α,β-unsaturated/α-hetero) is 2. The van der Waals surface area contributed by atoms with E-state index in [-0.39, 0.29) is 29.6 Å². The number of carbonyl (C=O) groups excluding carboxylic acids is 2. The molecular formula is C32H37F3N4O2. The summed E-state index contributed by atoms with van der Waals surface area (Å²) in [7, 11) is 0. The molecular weight excluding hydrogens is 529 g/mol. The predicted octanol–water partition coefficient (Wildman–Crippen LogP) is 7.56. The Morgan fingerprint density at radius 2 is 1.85 bits per heavy atom. The molecule has 6 nitrogen and oxygen atoms in total. The van der Waals surface area contributed by atoms with E-state index in [9.17, 15) is 22.8 Å². The molecule has 9 heteroatoms. The van der Waals surface area contributed by atoms with E-state index in [0.717, 1.165) is 43.2 Å². The minimum absolute atomic E-state index is 0.0177. The van der Waals surface area contributed by atoms with Gasteiger partial charge in [0.15, 0.2) is 11.4 Å². The van der Waals surface area contributed by atoms with E-state index in [4.69, 9.17) is 0 Å². The van der Waals surface area contributed by atoms with Crippen LogP contribution in [-0.2, 0) is 11.2 Å². The number of aromatic nitrogens is 3. The molecule has 2 aromatic heterocycles. The van der Waals surface area contributed by atoms with Gasteiger partial charge in [0.25, 0.3) is 0 Å². The Morgan fingerprint density at radius 3 is 2.59 bits per heavy atom. The van der Waals surface area contributed by atoms with Crippen LogP contribution in [0.5, 0.6) is 0 Å². The summed E-state index contributed by atoms with van der Waals surface area (Å²) >= 11 is 0. The maximum Gasteiger partial charge on any atom is 0.433 e. The molecule has 0 spiro atoms. The van der Waals surface area contributed by atoms with Gasteiger partial charge in [-0.2, -0.15) is 13.2 Å². The Balaban J connectivity index is 1.37. The molecule has 1 aliphatic heterocycles. The van der Waals surface area contributed by atoms with Gasteiger partial charge in [-0.3, -0.25) is 24.0 Å². The number of allylic oxidation sites excluding steroid dienone is 1. The van der Waals surface area contributed by atoms with E-state index in [0.29, 0.717) is 48.3 Å². The van der Waals surface area contributed by atoms with Crippen molar-refractivity contribution in [2.75, 3.05) is 6.54 Å². The lowest BCUT2D eigenvalue weighted by molar-refractivity contribution is -0.122. The largest absolute Gasteiger partial charge is 0.433 e. The summed E-state index contributed by atoms with van der Waals surface area (Å²) in [6, 6.07) is 5.64. The lowest BCUT2D eigenvalue weighted by atomic mass is 9.94. The molecule has 0 unspecified atom stereocenters. The summed E-state index contributed by atoms with van der Waals surface area (Å²) in [5, 5.41) is 0. The number of benzene rings is 1. The van der Waals surface area contributed by atoms with Gasteiger partial charge in [-0.15, -0.1) is 0 Å². The Labute approximate surface area is 238 Å². The maximum atomic E-state index is 13.4. The van der Waals surface area contributed by atoms with Crippen LogP contribution in [0.2, 0.25) is 0 Å². The number of fused-ring (bicyclic) bond motifs is 1. The maximum absolute atomic E-state index is 13.4. The van der Waals surface area contributed by atoms with E-state index in [2.05, 4.69) is 21.9 Å². The summed E-state index contributed by atoms with van der Waals surface area (Å²) in [4.78, 5) is 37.7. The molecule has 0 saturated heterocycles. The van der Waals surface area contributed by atoms with Gasteiger partial charge in [0.05, 0.1) is 24.1 Å². The Kier molecular flexibility index (Phi) is 9.89. The van der Waals surface area contributed by atoms with Crippen molar-refractivity contribution in [2.24, 2.45) is 10.9 Å². The molecule has 218 valence electrons. The lowest BCUT2D eigenvalue weighted by Gasteiger charge is -2.11. The molecule has 0 bridgehead atoms. The second-order valence-electron chi connectivity index (χ2n) is 10.8. The first-order chi connectivity index (χ1) is 19.6. The average Bonchev–Trinajstić information content (AvgIpc) is 3.59. The first kappa shape index (κ1) is 30.3. The first-order valence-electron chi connectivity index (χ1n) is 14.4. The molecule has 0 fully saturated rings. The molecule has 1 aliphatic rings. The number of halogens is 3. The number of rotatable bonds is 14. The molecule has 4 rings (SSSR count). The number of alkyl halides is 3. The quantitative estimate of drug-likeness (QED) is 0.149. The van der Waals surface area contributed by atoms with Crippen LogP contribution in [-0.4, -0.2) is 44.4 Å². The van der Waals surface area contributed by atoms with Crippen molar-refractivity contribution in [1.29, 1.82) is 0 Å². The van der Waals surface area contributed by atoms with Crippen molar-refractivity contribution in [3.63, 3.8) is 0 Å². The standard InChI is InChI=1S/C32H37F3N4O2/c1-4-5-6-9-21(2)28(40)10-7-8-11-29(41)24-13-12-23(18-22(24)3)19-26-31-38-20-27(39(31)17-16-36-26)25-14-15-37-30(25)32(33,34)35/h12-14,16-18,20-21H,4-11,15,19H2,1-3H3/t21-/m0/s1. The van der Waals surface area contributed by atoms with E-state index in [1.165, 1.54) is 12.3 Å². The fraction of sp³-hybridized carbons (Fsp3) is 0.469. The Bertz CT molecular complexity index is 1470. The highest BCUT2D eigenvalue weighted by atomic mass is 19.4. The first-order valence-corrected chi connectivity index (χ1v) is 14.4. The van der Waals surface area contributed by atoms with Crippen molar-refractivity contribution < 1.29 is 22.8 Å². The van der Waals surface area contributed by atoms with Gasteiger partial charge in [0.2, 0.25) is 0 Å². The summed E-state index contributed by atoms with van der Waals surface area (Å²) in [6.45, 7) is 6.03. The van der Waals surface area contributed by atoms with Gasteiger partial charge in [-0.05, 0) is 37.3 Å². The summed E-state index contributed by atoms with van der Waals surface area (Å²) in [5.74, 6) is 0.436. The summed E-state index contributed by atoms with van der Waals surface area (Å²) in [6.07, 6.45) is 8.54. The number of aliphatic imine (C=N–C) groups is 1. The molecule has 0 N–H and O–H groups in total. The highest BCUT2D eigenvalue weighted by Crippen LogP contribution is 2.32. The van der Waals surface area contributed by atoms with Gasteiger partial charge in [-0.25, -0.2) is 4.98 Å². The number of hydrogen-bond donors (Lipinski definition) is 0. The van der Waals surface area contributed by atoms with Crippen LogP contribution in [0.15, 0.2) is 47.9 Å². The van der Waals surface area contributed by atoms with Gasteiger partial charge in [0, 0.05) is 48.7 Å². The van der Waals surface area contributed by atoms with Crippen LogP contribution in [0.4, 0.5) is 13.2 Å². The molecule has 0 amide bonds. The highest BCUT2D eigenvalue weighted by molar-refractivity contribution is 6.27. The summed E-state index contributed by atoms with van der Waals surface area (Å²) < 4.78 is 41.9. The zero-order valence-electron chi connectivity index (χ0n) is 23.9. The molecule has 0 radical (unpaired) electrons. The monoisotopic (exact) mass is 566 g/mol. The molecule has 1 atom stereocenters. The second kappa shape index (κ2) is 13.4. The predicted molar refractivity (Wildman–Crippen MR) is 154 cm³/mol. The van der Waals surface area contributed by atoms with Crippen LogP contribution in [0.1, 0.15) is 98.1 Å². The van der Waals surface area contributed by atoms with E-state index < -0.39 is 11.9 Å². The third-order valence-corrected chi connectivity index (χ3v) is 7.68. The van der Waals surface area contributed by atoms with Crippen LogP contribution in [0, 0.1) is 12.8 Å². The van der Waals surface area contributed by atoms with E-state index in [1.54, 1.807) is 16.8 Å². The summed E-state index contributed by atoms with van der Waals surface area (Å²) in [5.41, 5.74) is 2.98. The zero-order valence-corrected chi connectivity index (χ0v) is 23.9. The smallest absolute Gasteiger partial charge is 0.299 e. The van der Waals surface area contributed by atoms with Crippen LogP contribution >= 0.6 is 0 Å². The van der Waals surface area contributed by atoms with Crippen LogP contribution in [0.3, 0.4) is 0 Å². The fourth-order valence-electron chi connectivity index (χ4n) is 5.34. The number of unbranched alkanes of at least 4 members (excludes halogenated alkanes) is 3. The average molecular weight is 567 g/mol.